The zero-order valence-electron chi connectivity index (χ0n) is 10.7. The van der Waals surface area contributed by atoms with E-state index in [1.54, 1.807) is 24.5 Å². The van der Waals surface area contributed by atoms with Gasteiger partial charge in [-0.15, -0.1) is 0 Å². The van der Waals surface area contributed by atoms with Crippen LogP contribution in [0.4, 0.5) is 0 Å². The zero-order chi connectivity index (χ0) is 13.5. The van der Waals surface area contributed by atoms with Crippen LogP contribution in [0, 0.1) is 0 Å². The van der Waals surface area contributed by atoms with E-state index in [1.807, 2.05) is 30.3 Å². The molecule has 0 aliphatic heterocycles. The average molecular weight is 257 g/mol. The van der Waals surface area contributed by atoms with E-state index >= 15 is 0 Å². The van der Waals surface area contributed by atoms with Crippen LogP contribution in [0.1, 0.15) is 17.2 Å². The summed E-state index contributed by atoms with van der Waals surface area (Å²) in [7, 11) is 1.34. The van der Waals surface area contributed by atoms with Gasteiger partial charge in [-0.1, -0.05) is 36.4 Å². The van der Waals surface area contributed by atoms with Gasteiger partial charge in [0.05, 0.1) is 13.7 Å². The molecule has 0 amide bonds. The van der Waals surface area contributed by atoms with Gasteiger partial charge in [-0.05, 0) is 11.6 Å². The Balaban J connectivity index is 2.09. The van der Waals surface area contributed by atoms with Crippen LogP contribution >= 0.6 is 0 Å². The molecule has 19 heavy (non-hydrogen) atoms. The largest absolute Gasteiger partial charge is 0.467 e. The molecule has 1 aromatic carbocycles. The van der Waals surface area contributed by atoms with Gasteiger partial charge in [0.2, 0.25) is 0 Å². The molecule has 4 nitrogen and oxygen atoms in total. The number of aromatic nitrogens is 1. The van der Waals surface area contributed by atoms with Crippen molar-refractivity contribution in [3.05, 3.63) is 66.0 Å². The number of esters is 1. The van der Waals surface area contributed by atoms with Crippen molar-refractivity contribution in [1.82, 2.24) is 4.98 Å². The van der Waals surface area contributed by atoms with Gasteiger partial charge in [0.15, 0.2) is 6.10 Å². The fourth-order valence-corrected chi connectivity index (χ4v) is 1.69. The lowest BCUT2D eigenvalue weighted by Crippen LogP contribution is -2.17. The third kappa shape index (κ3) is 3.63. The van der Waals surface area contributed by atoms with E-state index in [1.165, 1.54) is 7.11 Å². The van der Waals surface area contributed by atoms with E-state index in [-0.39, 0.29) is 0 Å². The maximum atomic E-state index is 11.8. The average Bonchev–Trinajstić information content (AvgIpc) is 2.49. The Morgan fingerprint density at radius 1 is 1.21 bits per heavy atom. The van der Waals surface area contributed by atoms with Gasteiger partial charge in [-0.25, -0.2) is 4.79 Å². The molecule has 0 saturated heterocycles. The number of rotatable bonds is 5. The quantitative estimate of drug-likeness (QED) is 0.772. The predicted molar refractivity (Wildman–Crippen MR) is 70.2 cm³/mol. The molecule has 0 saturated carbocycles. The van der Waals surface area contributed by atoms with Crippen molar-refractivity contribution >= 4 is 5.97 Å². The van der Waals surface area contributed by atoms with Gasteiger partial charge < -0.3 is 9.47 Å². The summed E-state index contributed by atoms with van der Waals surface area (Å²) in [5, 5.41) is 0. The Kier molecular flexibility index (Phi) is 4.64. The number of ether oxygens (including phenoxy) is 2. The number of benzene rings is 1. The molecule has 1 aromatic heterocycles. The van der Waals surface area contributed by atoms with Gasteiger partial charge in [-0.2, -0.15) is 0 Å². The molecular weight excluding hydrogens is 242 g/mol. The molecule has 4 heteroatoms. The molecule has 0 aliphatic rings. The van der Waals surface area contributed by atoms with Gasteiger partial charge >= 0.3 is 5.97 Å². The van der Waals surface area contributed by atoms with Crippen LogP contribution < -0.4 is 0 Å². The van der Waals surface area contributed by atoms with Crippen molar-refractivity contribution in [1.29, 1.82) is 0 Å². The first-order valence-corrected chi connectivity index (χ1v) is 5.94. The lowest BCUT2D eigenvalue weighted by Gasteiger charge is -2.15. The summed E-state index contributed by atoms with van der Waals surface area (Å²) in [5.74, 6) is -0.427. The van der Waals surface area contributed by atoms with E-state index in [9.17, 15) is 4.79 Å². The monoisotopic (exact) mass is 257 g/mol. The molecule has 0 N–H and O–H groups in total. The SMILES string of the molecule is COC(=O)C(OCc1ccccc1)c1cccnc1. The number of hydrogen-bond acceptors (Lipinski definition) is 4. The van der Waals surface area contributed by atoms with Crippen molar-refractivity contribution in [3.8, 4) is 0 Å². The highest BCUT2D eigenvalue weighted by molar-refractivity contribution is 5.76. The van der Waals surface area contributed by atoms with Crippen LogP contribution in [0.5, 0.6) is 0 Å². The molecular formula is C15H15NO3. The second-order valence-electron chi connectivity index (χ2n) is 3.99. The minimum Gasteiger partial charge on any atom is -0.467 e. The van der Waals surface area contributed by atoms with E-state index in [0.29, 0.717) is 12.2 Å². The summed E-state index contributed by atoms with van der Waals surface area (Å²) in [6.07, 6.45) is 2.50. The van der Waals surface area contributed by atoms with E-state index < -0.39 is 12.1 Å². The standard InChI is InChI=1S/C15H15NO3/c1-18-15(17)14(13-8-5-9-16-10-13)19-11-12-6-3-2-4-7-12/h2-10,14H,11H2,1H3. The number of carbonyl (C=O) groups excluding carboxylic acids is 1. The summed E-state index contributed by atoms with van der Waals surface area (Å²) < 4.78 is 10.4. The third-order valence-corrected chi connectivity index (χ3v) is 2.66. The highest BCUT2D eigenvalue weighted by atomic mass is 16.6. The lowest BCUT2D eigenvalue weighted by molar-refractivity contribution is -0.155. The summed E-state index contributed by atoms with van der Waals surface area (Å²) in [5.41, 5.74) is 1.69. The molecule has 0 spiro atoms. The summed E-state index contributed by atoms with van der Waals surface area (Å²) in [4.78, 5) is 15.7. The molecule has 98 valence electrons. The second-order valence-corrected chi connectivity index (χ2v) is 3.99. The maximum Gasteiger partial charge on any atom is 0.339 e. The first-order valence-electron chi connectivity index (χ1n) is 5.94. The van der Waals surface area contributed by atoms with Crippen LogP contribution in [0.3, 0.4) is 0 Å². The predicted octanol–water partition coefficient (Wildman–Crippen LogP) is 2.51. The molecule has 0 fully saturated rings. The lowest BCUT2D eigenvalue weighted by atomic mass is 10.1. The molecule has 2 rings (SSSR count). The number of pyridine rings is 1. The van der Waals surface area contributed by atoms with Gasteiger partial charge in [0.25, 0.3) is 0 Å². The van der Waals surface area contributed by atoms with E-state index in [0.717, 1.165) is 5.56 Å². The first-order chi connectivity index (χ1) is 9.31. The van der Waals surface area contributed by atoms with E-state index in [2.05, 4.69) is 4.98 Å². The second kappa shape index (κ2) is 6.66. The Morgan fingerprint density at radius 2 is 2.00 bits per heavy atom. The van der Waals surface area contributed by atoms with E-state index in [4.69, 9.17) is 9.47 Å². The Morgan fingerprint density at radius 3 is 2.63 bits per heavy atom. The molecule has 1 unspecified atom stereocenters. The highest BCUT2D eigenvalue weighted by Gasteiger charge is 2.22. The summed E-state index contributed by atoms with van der Waals surface area (Å²) in [6, 6.07) is 13.2. The van der Waals surface area contributed by atoms with Crippen molar-refractivity contribution in [2.45, 2.75) is 12.7 Å². The number of nitrogens with zero attached hydrogens (tertiary/aromatic N) is 1. The Bertz CT molecular complexity index is 513. The number of hydrogen-bond donors (Lipinski definition) is 0. The summed E-state index contributed by atoms with van der Waals surface area (Å²) >= 11 is 0. The molecule has 0 aliphatic carbocycles. The third-order valence-electron chi connectivity index (χ3n) is 2.66. The fourth-order valence-electron chi connectivity index (χ4n) is 1.69. The first kappa shape index (κ1) is 13.2. The van der Waals surface area contributed by atoms with Gasteiger partial charge in [0.1, 0.15) is 0 Å². The smallest absolute Gasteiger partial charge is 0.339 e. The van der Waals surface area contributed by atoms with Crippen LogP contribution in [-0.4, -0.2) is 18.1 Å². The zero-order valence-corrected chi connectivity index (χ0v) is 10.7. The fraction of sp³-hybridized carbons (Fsp3) is 0.200. The molecule has 1 atom stereocenters. The Hall–Kier alpha value is -2.20. The molecule has 0 radical (unpaired) electrons. The minimum atomic E-state index is -0.751. The van der Waals surface area contributed by atoms with Crippen LogP contribution in [0.15, 0.2) is 54.9 Å². The van der Waals surface area contributed by atoms with Gasteiger partial charge in [-0.3, -0.25) is 4.98 Å². The highest BCUT2D eigenvalue weighted by Crippen LogP contribution is 2.19. The topological polar surface area (TPSA) is 48.4 Å². The van der Waals surface area contributed by atoms with Gasteiger partial charge in [0, 0.05) is 18.0 Å². The van der Waals surface area contributed by atoms with Crippen LogP contribution in [-0.2, 0) is 20.9 Å². The molecule has 1 heterocycles. The normalized spacial score (nSPS) is 11.8. The Labute approximate surface area is 112 Å². The van der Waals surface area contributed by atoms with Crippen LogP contribution in [0.25, 0.3) is 0 Å². The number of methoxy groups -OCH3 is 1. The molecule has 0 bridgehead atoms. The van der Waals surface area contributed by atoms with Crippen LogP contribution in [0.2, 0.25) is 0 Å². The van der Waals surface area contributed by atoms with Crippen molar-refractivity contribution in [2.75, 3.05) is 7.11 Å². The maximum absolute atomic E-state index is 11.8. The van der Waals surface area contributed by atoms with Crippen molar-refractivity contribution < 1.29 is 14.3 Å². The van der Waals surface area contributed by atoms with Crippen molar-refractivity contribution in [3.63, 3.8) is 0 Å². The van der Waals surface area contributed by atoms with Crippen molar-refractivity contribution in [2.24, 2.45) is 0 Å². The molecule has 2 aromatic rings. The number of carbonyl (C=O) groups is 1. The minimum absolute atomic E-state index is 0.343. The summed E-state index contributed by atoms with van der Waals surface area (Å²) in [6.45, 7) is 0.343.